The van der Waals surface area contributed by atoms with Gasteiger partial charge in [0, 0.05) is 220 Å². The summed E-state index contributed by atoms with van der Waals surface area (Å²) in [6.45, 7) is 14.8. The molecule has 6 aliphatic rings. The Bertz CT molecular complexity index is 927. The van der Waals surface area contributed by atoms with Crippen LogP contribution in [-0.4, -0.2) is 220 Å². The Kier molecular flexibility index (Phi) is 50.2. The van der Waals surface area contributed by atoms with Crippen molar-refractivity contribution in [1.82, 2.24) is 31.9 Å². The fourth-order valence-corrected chi connectivity index (χ4v) is 16.3. The molecule has 6 rings (SSSR count). The fraction of sp³-hybridized carbons (Fsp3) is 1.00. The van der Waals surface area contributed by atoms with E-state index in [0.717, 1.165) is 184 Å². The molecular weight excluding hydrogens is 1020 g/mol. The second kappa shape index (κ2) is 50.6. The number of nitrogens with one attached hydrogen (secondary N) is 6. The molecule has 6 aliphatic carbocycles. The van der Waals surface area contributed by atoms with Crippen LogP contribution >= 0.6 is 70.6 Å². The summed E-state index contributed by atoms with van der Waals surface area (Å²) in [5.74, 6) is 6.71. The molecule has 0 radical (unpaired) electrons. The van der Waals surface area contributed by atoms with Crippen LogP contribution in [0.3, 0.4) is 0 Å². The zero-order chi connectivity index (χ0) is 52.9. The molecule has 8 atom stereocenters. The maximum absolute atomic E-state index is 5.45. The van der Waals surface area contributed by atoms with E-state index in [1.165, 1.54) is 77.0 Å². The second-order valence-electron chi connectivity index (χ2n) is 18.9. The summed E-state index contributed by atoms with van der Waals surface area (Å²) in [7, 11) is 0. The van der Waals surface area contributed by atoms with E-state index in [0.29, 0.717) is 36.3 Å². The average molecular weight is 1140 g/mol. The van der Waals surface area contributed by atoms with Crippen LogP contribution in [0, 0.1) is 0 Å². The number of hydrogen-bond acceptors (Lipinski definition) is 24. The third kappa shape index (κ3) is 34.4. The molecule has 0 saturated heterocycles. The molecule has 6 fully saturated rings. The van der Waals surface area contributed by atoms with Gasteiger partial charge in [-0.25, -0.2) is 0 Å². The lowest BCUT2D eigenvalue weighted by Gasteiger charge is -2.38. The lowest BCUT2D eigenvalue weighted by atomic mass is 9.86. The van der Waals surface area contributed by atoms with Crippen LogP contribution in [0.25, 0.3) is 0 Å². The number of nitrogens with two attached hydrogens (primary N) is 12. The van der Waals surface area contributed by atoms with E-state index in [1.807, 2.05) is 70.6 Å². The van der Waals surface area contributed by atoms with Crippen molar-refractivity contribution in [3.63, 3.8) is 0 Å². The van der Waals surface area contributed by atoms with Gasteiger partial charge in [0.15, 0.2) is 0 Å². The number of thioether (sulfide) groups is 6. The van der Waals surface area contributed by atoms with Gasteiger partial charge in [0.1, 0.15) is 0 Å². The van der Waals surface area contributed by atoms with Crippen LogP contribution in [0.15, 0.2) is 0 Å². The highest BCUT2D eigenvalue weighted by molar-refractivity contribution is 8.04. The van der Waals surface area contributed by atoms with Gasteiger partial charge in [-0.15, -0.1) is 0 Å². The van der Waals surface area contributed by atoms with E-state index in [2.05, 4.69) is 31.9 Å². The van der Waals surface area contributed by atoms with Crippen molar-refractivity contribution < 1.29 is 0 Å². The molecular formula is C48H114N18S6. The Morgan fingerprint density at radius 3 is 0.667 bits per heavy atom. The third-order valence-corrected chi connectivity index (χ3v) is 22.0. The van der Waals surface area contributed by atoms with Crippen LogP contribution in [-0.2, 0) is 0 Å². The minimum Gasteiger partial charge on any atom is -0.330 e. The van der Waals surface area contributed by atoms with Gasteiger partial charge in [0.2, 0.25) is 0 Å². The smallest absolute Gasteiger partial charge is 0.0222 e. The molecule has 0 bridgehead atoms. The summed E-state index contributed by atoms with van der Waals surface area (Å²) in [5, 5.41) is 25.6. The normalized spacial score (nSPS) is 28.5. The van der Waals surface area contributed by atoms with Crippen molar-refractivity contribution in [2.45, 2.75) is 145 Å². The van der Waals surface area contributed by atoms with E-state index in [-0.39, 0.29) is 0 Å². The van der Waals surface area contributed by atoms with Crippen molar-refractivity contribution in [3.8, 4) is 0 Å². The molecule has 0 aromatic heterocycles. The number of hydrogen-bond donors (Lipinski definition) is 18. The zero-order valence-electron chi connectivity index (χ0n) is 44.8. The van der Waals surface area contributed by atoms with E-state index >= 15 is 0 Å². The van der Waals surface area contributed by atoms with Crippen molar-refractivity contribution in [1.29, 1.82) is 0 Å². The maximum Gasteiger partial charge on any atom is 0.0222 e. The molecule has 72 heavy (non-hydrogen) atoms. The first kappa shape index (κ1) is 71.4. The third-order valence-electron chi connectivity index (χ3n) is 13.1. The van der Waals surface area contributed by atoms with E-state index in [1.54, 1.807) is 0 Å². The van der Waals surface area contributed by atoms with Gasteiger partial charge in [-0.05, 0) is 77.0 Å². The van der Waals surface area contributed by atoms with Gasteiger partial charge in [0.25, 0.3) is 0 Å². The Morgan fingerprint density at radius 2 is 0.472 bits per heavy atom. The molecule has 0 aromatic carbocycles. The van der Waals surface area contributed by atoms with Crippen LogP contribution in [0.4, 0.5) is 0 Å². The quantitative estimate of drug-likeness (QED) is 0.0341. The summed E-state index contributed by atoms with van der Waals surface area (Å²) >= 11 is 12.2. The summed E-state index contributed by atoms with van der Waals surface area (Å²) in [5.41, 5.74) is 65.0. The topological polar surface area (TPSA) is 384 Å². The van der Waals surface area contributed by atoms with Crippen molar-refractivity contribution in [2.75, 3.05) is 152 Å². The first-order chi connectivity index (χ1) is 35.2. The Labute approximate surface area is 465 Å². The Hall–Kier alpha value is 1.38. The van der Waals surface area contributed by atoms with E-state index in [4.69, 9.17) is 68.8 Å². The molecule has 6 saturated carbocycles. The zero-order valence-corrected chi connectivity index (χ0v) is 49.7. The molecule has 0 spiro atoms. The monoisotopic (exact) mass is 1130 g/mol. The molecule has 30 N–H and O–H groups in total. The van der Waals surface area contributed by atoms with Gasteiger partial charge < -0.3 is 101 Å². The maximum atomic E-state index is 5.45. The highest BCUT2D eigenvalue weighted by atomic mass is 32.2. The minimum absolute atomic E-state index is 0.625. The molecule has 18 nitrogen and oxygen atoms in total. The van der Waals surface area contributed by atoms with E-state index < -0.39 is 0 Å². The standard InChI is InChI=1S/3C8H20N4.3C8H18N2S2/c9-1-3-11-7-5-8(6-7)12-4-2-10;2*9-3-5-11-7-1-2-8(7)12-6-4-10;9-1-3-11-7-5-8(6-7)12-4-2-10;2*9-3-5-11-7-1-2-8(7)12-6-4-10/h3*7-8,11-12H,1-6,9-10H2;3*7-8H,1-6,9-10H2. The summed E-state index contributed by atoms with van der Waals surface area (Å²) in [6, 6.07) is 3.87. The van der Waals surface area contributed by atoms with Crippen LogP contribution in [0.5, 0.6) is 0 Å². The lowest BCUT2D eigenvalue weighted by Crippen LogP contribution is -2.56. The molecule has 0 amide bonds. The molecule has 0 aromatic rings. The van der Waals surface area contributed by atoms with Crippen molar-refractivity contribution in [2.24, 2.45) is 68.8 Å². The van der Waals surface area contributed by atoms with Crippen molar-refractivity contribution >= 4 is 70.6 Å². The Balaban J connectivity index is 0.000000432. The molecule has 0 heterocycles. The predicted octanol–water partition coefficient (Wildman–Crippen LogP) is -1.45. The molecule has 8 unspecified atom stereocenters. The summed E-state index contributed by atoms with van der Waals surface area (Å²) in [4.78, 5) is 0. The highest BCUT2D eigenvalue weighted by Crippen LogP contribution is 2.41. The summed E-state index contributed by atoms with van der Waals surface area (Å²) in [6.07, 6.45) is 15.8. The molecule has 24 heteroatoms. The largest absolute Gasteiger partial charge is 0.330 e. The Morgan fingerprint density at radius 1 is 0.250 bits per heavy atom. The van der Waals surface area contributed by atoms with Gasteiger partial charge >= 0.3 is 0 Å². The van der Waals surface area contributed by atoms with Gasteiger partial charge in [-0.1, -0.05) is 0 Å². The fourth-order valence-electron chi connectivity index (χ4n) is 8.36. The second-order valence-corrected chi connectivity index (χ2v) is 27.1. The highest BCUT2D eigenvalue weighted by Gasteiger charge is 2.33. The van der Waals surface area contributed by atoms with E-state index in [9.17, 15) is 0 Å². The minimum atomic E-state index is 0.625. The van der Waals surface area contributed by atoms with Crippen LogP contribution < -0.4 is 101 Å². The van der Waals surface area contributed by atoms with Gasteiger partial charge in [-0.2, -0.15) is 70.6 Å². The molecule has 432 valence electrons. The SMILES string of the molecule is NCCNC1CC(NCCN)C1.NCCNC1CCC1NCCN.NCCNC1CCC1NCCN.NCCSC1CC(SCCN)C1.NCCSC1CCC1SCCN.NCCSC1CCC1SCCN. The van der Waals surface area contributed by atoms with Crippen molar-refractivity contribution in [3.05, 3.63) is 0 Å². The van der Waals surface area contributed by atoms with Crippen LogP contribution in [0.1, 0.15) is 77.0 Å². The van der Waals surface area contributed by atoms with Crippen LogP contribution in [0.2, 0.25) is 0 Å². The van der Waals surface area contributed by atoms with Gasteiger partial charge in [0.05, 0.1) is 0 Å². The predicted molar refractivity (Wildman–Crippen MR) is 332 cm³/mol. The van der Waals surface area contributed by atoms with Gasteiger partial charge in [-0.3, -0.25) is 0 Å². The number of rotatable bonds is 36. The summed E-state index contributed by atoms with van der Waals surface area (Å²) < 4.78 is 0. The first-order valence-electron chi connectivity index (χ1n) is 27.8. The molecule has 0 aliphatic heterocycles. The lowest BCUT2D eigenvalue weighted by molar-refractivity contribution is 0.243. The average Bonchev–Trinajstić information content (AvgIpc) is 3.33. The first-order valence-corrected chi connectivity index (χ1v) is 34.1.